The van der Waals surface area contributed by atoms with E-state index in [1.54, 1.807) is 12.1 Å². The largest absolute Gasteiger partial charge is 0.396 e. The quantitative estimate of drug-likeness (QED) is 0.793. The Balaban J connectivity index is 2.36. The molecule has 1 amide bonds. The highest BCUT2D eigenvalue weighted by atomic mass is 19.1. The molecule has 0 saturated carbocycles. The van der Waals surface area contributed by atoms with Gasteiger partial charge in [-0.1, -0.05) is 12.1 Å². The van der Waals surface area contributed by atoms with Gasteiger partial charge >= 0.3 is 0 Å². The summed E-state index contributed by atoms with van der Waals surface area (Å²) in [5.74, 6) is -0.382. The molecule has 0 heterocycles. The van der Waals surface area contributed by atoms with Gasteiger partial charge in [-0.05, 0) is 37.5 Å². The second-order valence-electron chi connectivity index (χ2n) is 4.14. The zero-order valence-corrected chi connectivity index (χ0v) is 9.95. The van der Waals surface area contributed by atoms with Crippen LogP contribution in [0, 0.1) is 5.82 Å². The van der Waals surface area contributed by atoms with Crippen LogP contribution in [0.5, 0.6) is 0 Å². The Morgan fingerprint density at radius 2 is 2.06 bits per heavy atom. The van der Waals surface area contributed by atoms with Crippen molar-refractivity contribution in [3.8, 4) is 0 Å². The van der Waals surface area contributed by atoms with Gasteiger partial charge in [0.25, 0.3) is 0 Å². The number of nitrogens with one attached hydrogen (secondary N) is 1. The summed E-state index contributed by atoms with van der Waals surface area (Å²) in [4.78, 5) is 11.6. The molecule has 0 spiro atoms. The predicted molar refractivity (Wildman–Crippen MR) is 64.0 cm³/mol. The number of hydrogen-bond acceptors (Lipinski definition) is 2. The van der Waals surface area contributed by atoms with E-state index in [1.807, 2.05) is 6.92 Å². The van der Waals surface area contributed by atoms with Crippen molar-refractivity contribution >= 4 is 5.91 Å². The summed E-state index contributed by atoms with van der Waals surface area (Å²) in [6.45, 7) is 2.04. The van der Waals surface area contributed by atoms with Crippen molar-refractivity contribution in [3.63, 3.8) is 0 Å². The monoisotopic (exact) mass is 239 g/mol. The smallest absolute Gasteiger partial charge is 0.224 e. The first-order chi connectivity index (χ1) is 8.11. The van der Waals surface area contributed by atoms with Crippen LogP contribution in [0.15, 0.2) is 24.3 Å². The van der Waals surface area contributed by atoms with E-state index in [1.165, 1.54) is 12.1 Å². The van der Waals surface area contributed by atoms with Gasteiger partial charge in [0.1, 0.15) is 5.82 Å². The summed E-state index contributed by atoms with van der Waals surface area (Å²) in [6, 6.07) is 5.95. The molecule has 0 aromatic heterocycles. The van der Waals surface area contributed by atoms with Crippen LogP contribution >= 0.6 is 0 Å². The highest BCUT2D eigenvalue weighted by molar-refractivity contribution is 5.78. The van der Waals surface area contributed by atoms with Crippen LogP contribution in [0.2, 0.25) is 0 Å². The molecule has 1 aromatic carbocycles. The number of rotatable bonds is 6. The Bertz CT molecular complexity index is 351. The second kappa shape index (κ2) is 7.01. The molecule has 3 nitrogen and oxygen atoms in total. The number of halogens is 1. The number of aliphatic hydroxyl groups excluding tert-OH is 1. The molecule has 1 atom stereocenters. The molecule has 94 valence electrons. The van der Waals surface area contributed by atoms with Crippen LogP contribution in [0.4, 0.5) is 4.39 Å². The molecular formula is C13H18FNO2. The lowest BCUT2D eigenvalue weighted by Gasteiger charge is -2.13. The van der Waals surface area contributed by atoms with Crippen molar-refractivity contribution in [2.45, 2.75) is 32.2 Å². The van der Waals surface area contributed by atoms with Gasteiger partial charge < -0.3 is 10.4 Å². The number of benzene rings is 1. The standard InChI is InChI=1S/C13H18FNO2/c1-10(3-2-8-16)15-13(17)9-11-4-6-12(14)7-5-11/h4-7,10,16H,2-3,8-9H2,1H3,(H,15,17). The number of carbonyl (C=O) groups excluding carboxylic acids is 1. The van der Waals surface area contributed by atoms with Gasteiger partial charge in [-0.3, -0.25) is 4.79 Å². The summed E-state index contributed by atoms with van der Waals surface area (Å²) >= 11 is 0. The van der Waals surface area contributed by atoms with Gasteiger partial charge in [0.2, 0.25) is 5.91 Å². The first kappa shape index (κ1) is 13.6. The maximum atomic E-state index is 12.6. The summed E-state index contributed by atoms with van der Waals surface area (Å²) in [6.07, 6.45) is 1.69. The molecule has 4 heteroatoms. The van der Waals surface area contributed by atoms with Crippen molar-refractivity contribution in [2.75, 3.05) is 6.61 Å². The van der Waals surface area contributed by atoms with Crippen LogP contribution in [0.1, 0.15) is 25.3 Å². The molecule has 0 aliphatic rings. The van der Waals surface area contributed by atoms with Gasteiger partial charge in [-0.2, -0.15) is 0 Å². The van der Waals surface area contributed by atoms with Gasteiger partial charge in [-0.25, -0.2) is 4.39 Å². The maximum absolute atomic E-state index is 12.6. The number of aliphatic hydroxyl groups is 1. The molecule has 1 rings (SSSR count). The molecule has 0 fully saturated rings. The third-order valence-corrected chi connectivity index (χ3v) is 2.48. The van der Waals surface area contributed by atoms with Gasteiger partial charge in [0.15, 0.2) is 0 Å². The Hall–Kier alpha value is -1.42. The van der Waals surface area contributed by atoms with Crippen molar-refractivity contribution in [2.24, 2.45) is 0 Å². The van der Waals surface area contributed by atoms with Crippen molar-refractivity contribution in [1.82, 2.24) is 5.32 Å². The van der Waals surface area contributed by atoms with Crippen molar-refractivity contribution in [1.29, 1.82) is 0 Å². The van der Waals surface area contributed by atoms with Crippen LogP contribution in [-0.2, 0) is 11.2 Å². The van der Waals surface area contributed by atoms with Gasteiger partial charge in [0.05, 0.1) is 6.42 Å². The topological polar surface area (TPSA) is 49.3 Å². The fraction of sp³-hybridized carbons (Fsp3) is 0.462. The highest BCUT2D eigenvalue weighted by Gasteiger charge is 2.07. The Labute approximate surface area is 101 Å². The lowest BCUT2D eigenvalue weighted by atomic mass is 10.1. The lowest BCUT2D eigenvalue weighted by Crippen LogP contribution is -2.33. The fourth-order valence-electron chi connectivity index (χ4n) is 1.58. The molecule has 0 radical (unpaired) electrons. The Morgan fingerprint density at radius 3 is 2.65 bits per heavy atom. The van der Waals surface area contributed by atoms with E-state index < -0.39 is 0 Å². The van der Waals surface area contributed by atoms with Gasteiger partial charge in [-0.15, -0.1) is 0 Å². The number of carbonyl (C=O) groups is 1. The summed E-state index contributed by atoms with van der Waals surface area (Å²) in [5.41, 5.74) is 0.790. The number of hydrogen-bond donors (Lipinski definition) is 2. The normalized spacial score (nSPS) is 12.2. The highest BCUT2D eigenvalue weighted by Crippen LogP contribution is 2.04. The van der Waals surface area contributed by atoms with Crippen LogP contribution in [-0.4, -0.2) is 23.7 Å². The Kier molecular flexibility index (Phi) is 5.63. The van der Waals surface area contributed by atoms with Crippen LogP contribution in [0.25, 0.3) is 0 Å². The van der Waals surface area contributed by atoms with E-state index in [0.717, 1.165) is 12.0 Å². The molecule has 0 aliphatic carbocycles. The molecule has 1 aromatic rings. The minimum atomic E-state index is -0.300. The molecular weight excluding hydrogens is 221 g/mol. The van der Waals surface area contributed by atoms with Gasteiger partial charge in [0, 0.05) is 12.6 Å². The zero-order chi connectivity index (χ0) is 12.7. The molecule has 2 N–H and O–H groups in total. The lowest BCUT2D eigenvalue weighted by molar-refractivity contribution is -0.121. The molecule has 0 saturated heterocycles. The van der Waals surface area contributed by atoms with Crippen molar-refractivity contribution in [3.05, 3.63) is 35.6 Å². The zero-order valence-electron chi connectivity index (χ0n) is 9.95. The van der Waals surface area contributed by atoms with E-state index in [0.29, 0.717) is 6.42 Å². The SMILES string of the molecule is CC(CCCO)NC(=O)Cc1ccc(F)cc1. The maximum Gasteiger partial charge on any atom is 0.224 e. The van der Waals surface area contributed by atoms with E-state index in [2.05, 4.69) is 5.32 Å². The van der Waals surface area contributed by atoms with E-state index in [4.69, 9.17) is 5.11 Å². The fourth-order valence-corrected chi connectivity index (χ4v) is 1.58. The van der Waals surface area contributed by atoms with Crippen LogP contribution < -0.4 is 5.32 Å². The molecule has 0 bridgehead atoms. The summed E-state index contributed by atoms with van der Waals surface area (Å²) < 4.78 is 12.6. The molecule has 1 unspecified atom stereocenters. The Morgan fingerprint density at radius 1 is 1.41 bits per heavy atom. The number of amides is 1. The van der Waals surface area contributed by atoms with Crippen molar-refractivity contribution < 1.29 is 14.3 Å². The average molecular weight is 239 g/mol. The molecule has 17 heavy (non-hydrogen) atoms. The average Bonchev–Trinajstić information content (AvgIpc) is 2.29. The first-order valence-corrected chi connectivity index (χ1v) is 5.76. The third-order valence-electron chi connectivity index (χ3n) is 2.48. The summed E-state index contributed by atoms with van der Waals surface area (Å²) in [5, 5.41) is 11.5. The first-order valence-electron chi connectivity index (χ1n) is 5.76. The predicted octanol–water partition coefficient (Wildman–Crippen LogP) is 1.65. The van der Waals surface area contributed by atoms with E-state index in [-0.39, 0.29) is 30.8 Å². The summed E-state index contributed by atoms with van der Waals surface area (Å²) in [7, 11) is 0. The van der Waals surface area contributed by atoms with E-state index >= 15 is 0 Å². The minimum absolute atomic E-state index is 0.0510. The molecule has 0 aliphatic heterocycles. The second-order valence-corrected chi connectivity index (χ2v) is 4.14. The minimum Gasteiger partial charge on any atom is -0.396 e. The third kappa shape index (κ3) is 5.45. The van der Waals surface area contributed by atoms with E-state index in [9.17, 15) is 9.18 Å². The van der Waals surface area contributed by atoms with Crippen LogP contribution in [0.3, 0.4) is 0 Å².